The topological polar surface area (TPSA) is 74.9 Å². The Hall–Kier alpha value is -4.26. The van der Waals surface area contributed by atoms with Gasteiger partial charge in [0.1, 0.15) is 18.0 Å². The Morgan fingerprint density at radius 3 is 2.29 bits per heavy atom. The summed E-state index contributed by atoms with van der Waals surface area (Å²) in [6, 6.07) is 24.9. The molecule has 0 radical (unpaired) electrons. The standard InChI is InChI=1S/C31H35N3O4/c1-23(2)34(31(36)22-38-27-9-5-4-6-10-27)21-30(35)33(20-24-13-15-26(37-3)16-14-24)18-17-25-19-32-29-12-8-7-11-28(25)29/h4-16,19,23,32H,17-18,20-22H2,1-3H3. The molecule has 1 N–H and O–H groups in total. The molecule has 3 aromatic carbocycles. The van der Waals surface area contributed by atoms with Crippen molar-refractivity contribution in [2.24, 2.45) is 0 Å². The van der Waals surface area contributed by atoms with E-state index < -0.39 is 0 Å². The second-order valence-electron chi connectivity index (χ2n) is 9.49. The first-order chi connectivity index (χ1) is 18.4. The summed E-state index contributed by atoms with van der Waals surface area (Å²) in [5.74, 6) is 1.05. The van der Waals surface area contributed by atoms with Crippen molar-refractivity contribution in [3.63, 3.8) is 0 Å². The third-order valence-corrected chi connectivity index (χ3v) is 6.57. The van der Waals surface area contributed by atoms with Crippen LogP contribution in [0.2, 0.25) is 0 Å². The van der Waals surface area contributed by atoms with Crippen molar-refractivity contribution >= 4 is 22.7 Å². The number of methoxy groups -OCH3 is 1. The molecular weight excluding hydrogens is 478 g/mol. The van der Waals surface area contributed by atoms with E-state index in [4.69, 9.17) is 9.47 Å². The number of fused-ring (bicyclic) bond motifs is 1. The highest BCUT2D eigenvalue weighted by molar-refractivity contribution is 5.86. The number of hydrogen-bond acceptors (Lipinski definition) is 4. The second kappa shape index (κ2) is 12.8. The van der Waals surface area contributed by atoms with Crippen LogP contribution in [-0.4, -0.2) is 59.4 Å². The molecule has 0 saturated heterocycles. The van der Waals surface area contributed by atoms with Gasteiger partial charge in [-0.05, 0) is 61.7 Å². The van der Waals surface area contributed by atoms with E-state index in [0.717, 1.165) is 27.8 Å². The number of benzene rings is 3. The van der Waals surface area contributed by atoms with Gasteiger partial charge in [0.25, 0.3) is 5.91 Å². The largest absolute Gasteiger partial charge is 0.497 e. The van der Waals surface area contributed by atoms with Gasteiger partial charge in [-0.1, -0.05) is 48.5 Å². The maximum absolute atomic E-state index is 13.6. The quantitative estimate of drug-likeness (QED) is 0.287. The van der Waals surface area contributed by atoms with Crippen LogP contribution in [0, 0.1) is 0 Å². The normalized spacial score (nSPS) is 10.9. The van der Waals surface area contributed by atoms with Crippen molar-refractivity contribution in [2.45, 2.75) is 32.9 Å². The van der Waals surface area contributed by atoms with Gasteiger partial charge in [-0.15, -0.1) is 0 Å². The summed E-state index contributed by atoms with van der Waals surface area (Å²) in [6.07, 6.45) is 2.70. The fourth-order valence-corrected chi connectivity index (χ4v) is 4.39. The number of nitrogens with one attached hydrogen (secondary N) is 1. The van der Waals surface area contributed by atoms with Crippen molar-refractivity contribution in [3.8, 4) is 11.5 Å². The Balaban J connectivity index is 1.47. The molecule has 0 aliphatic heterocycles. The number of H-pyrrole nitrogens is 1. The first-order valence-electron chi connectivity index (χ1n) is 12.9. The molecule has 0 saturated carbocycles. The fraction of sp³-hybridized carbons (Fsp3) is 0.290. The highest BCUT2D eigenvalue weighted by Gasteiger charge is 2.24. The molecule has 0 atom stereocenters. The molecule has 0 aliphatic carbocycles. The van der Waals surface area contributed by atoms with Crippen molar-refractivity contribution in [1.29, 1.82) is 0 Å². The highest BCUT2D eigenvalue weighted by Crippen LogP contribution is 2.20. The molecule has 1 aromatic heterocycles. The van der Waals surface area contributed by atoms with E-state index in [9.17, 15) is 9.59 Å². The maximum Gasteiger partial charge on any atom is 0.261 e. The molecule has 0 aliphatic rings. The molecule has 0 bridgehead atoms. The molecule has 1 heterocycles. The zero-order valence-corrected chi connectivity index (χ0v) is 22.2. The first kappa shape index (κ1) is 26.8. The zero-order chi connectivity index (χ0) is 26.9. The van der Waals surface area contributed by atoms with Crippen LogP contribution in [0.1, 0.15) is 25.0 Å². The van der Waals surface area contributed by atoms with Crippen LogP contribution in [0.3, 0.4) is 0 Å². The minimum absolute atomic E-state index is 0.0152. The molecule has 0 spiro atoms. The van der Waals surface area contributed by atoms with Gasteiger partial charge in [-0.2, -0.15) is 0 Å². The molecule has 38 heavy (non-hydrogen) atoms. The van der Waals surface area contributed by atoms with E-state index >= 15 is 0 Å². The van der Waals surface area contributed by atoms with Crippen LogP contribution in [0.4, 0.5) is 0 Å². The predicted molar refractivity (Wildman–Crippen MR) is 149 cm³/mol. The summed E-state index contributed by atoms with van der Waals surface area (Å²) >= 11 is 0. The summed E-state index contributed by atoms with van der Waals surface area (Å²) in [5.41, 5.74) is 3.22. The molecule has 7 nitrogen and oxygen atoms in total. The average Bonchev–Trinajstić information content (AvgIpc) is 3.36. The number of aromatic amines is 1. The Morgan fingerprint density at radius 2 is 1.58 bits per heavy atom. The fourth-order valence-electron chi connectivity index (χ4n) is 4.39. The van der Waals surface area contributed by atoms with Crippen molar-refractivity contribution in [2.75, 3.05) is 26.8 Å². The van der Waals surface area contributed by atoms with Crippen LogP contribution < -0.4 is 9.47 Å². The van der Waals surface area contributed by atoms with E-state index in [1.54, 1.807) is 24.1 Å². The molecular formula is C31H35N3O4. The van der Waals surface area contributed by atoms with Gasteiger partial charge in [-0.3, -0.25) is 9.59 Å². The lowest BCUT2D eigenvalue weighted by Gasteiger charge is -2.30. The van der Waals surface area contributed by atoms with E-state index in [1.165, 1.54) is 0 Å². The number of nitrogens with zero attached hydrogens (tertiary/aromatic N) is 2. The third-order valence-electron chi connectivity index (χ3n) is 6.57. The smallest absolute Gasteiger partial charge is 0.261 e. The van der Waals surface area contributed by atoms with Crippen LogP contribution in [0.15, 0.2) is 85.1 Å². The summed E-state index contributed by atoms with van der Waals surface area (Å²) in [4.78, 5) is 33.4. The van der Waals surface area contributed by atoms with E-state index in [0.29, 0.717) is 25.3 Å². The molecule has 4 aromatic rings. The Kier molecular flexibility index (Phi) is 9.03. The SMILES string of the molecule is COc1ccc(CN(CCc2c[nH]c3ccccc23)C(=O)CN(C(=O)COc2ccccc2)C(C)C)cc1. The number of para-hydroxylation sites is 2. The minimum Gasteiger partial charge on any atom is -0.497 e. The summed E-state index contributed by atoms with van der Waals surface area (Å²) in [6.45, 7) is 4.64. The van der Waals surface area contributed by atoms with Crippen molar-refractivity contribution in [1.82, 2.24) is 14.8 Å². The predicted octanol–water partition coefficient (Wildman–Crippen LogP) is 5.06. The summed E-state index contributed by atoms with van der Waals surface area (Å²) < 4.78 is 10.9. The first-order valence-corrected chi connectivity index (χ1v) is 12.9. The molecule has 7 heteroatoms. The van der Waals surface area contributed by atoms with Crippen LogP contribution in [0.25, 0.3) is 10.9 Å². The minimum atomic E-state index is -0.224. The summed E-state index contributed by atoms with van der Waals surface area (Å²) in [5, 5.41) is 1.15. The zero-order valence-electron chi connectivity index (χ0n) is 22.2. The Morgan fingerprint density at radius 1 is 0.868 bits per heavy atom. The molecule has 2 amide bonds. The van der Waals surface area contributed by atoms with Gasteiger partial charge in [0.05, 0.1) is 7.11 Å². The van der Waals surface area contributed by atoms with Gasteiger partial charge >= 0.3 is 0 Å². The lowest BCUT2D eigenvalue weighted by molar-refractivity contribution is -0.143. The summed E-state index contributed by atoms with van der Waals surface area (Å²) in [7, 11) is 1.63. The lowest BCUT2D eigenvalue weighted by atomic mass is 10.1. The number of aromatic nitrogens is 1. The molecule has 198 valence electrons. The Labute approximate surface area is 224 Å². The number of carbonyl (C=O) groups is 2. The van der Waals surface area contributed by atoms with Gasteiger partial charge < -0.3 is 24.3 Å². The number of carbonyl (C=O) groups excluding carboxylic acids is 2. The van der Waals surface area contributed by atoms with Crippen LogP contribution >= 0.6 is 0 Å². The number of amides is 2. The van der Waals surface area contributed by atoms with Gasteiger partial charge in [0, 0.05) is 36.2 Å². The van der Waals surface area contributed by atoms with Gasteiger partial charge in [-0.25, -0.2) is 0 Å². The molecule has 0 unspecified atom stereocenters. The molecule has 0 fully saturated rings. The van der Waals surface area contributed by atoms with E-state index in [2.05, 4.69) is 11.1 Å². The monoisotopic (exact) mass is 513 g/mol. The average molecular weight is 514 g/mol. The van der Waals surface area contributed by atoms with E-state index in [-0.39, 0.29) is 31.0 Å². The number of hydrogen-bond donors (Lipinski definition) is 1. The van der Waals surface area contributed by atoms with E-state index in [1.807, 2.05) is 85.6 Å². The van der Waals surface area contributed by atoms with Crippen LogP contribution in [0.5, 0.6) is 11.5 Å². The maximum atomic E-state index is 13.6. The lowest BCUT2D eigenvalue weighted by Crippen LogP contribution is -2.47. The van der Waals surface area contributed by atoms with Gasteiger partial charge in [0.15, 0.2) is 6.61 Å². The van der Waals surface area contributed by atoms with Crippen molar-refractivity contribution < 1.29 is 19.1 Å². The number of ether oxygens (including phenoxy) is 2. The second-order valence-corrected chi connectivity index (χ2v) is 9.49. The van der Waals surface area contributed by atoms with Gasteiger partial charge in [0.2, 0.25) is 5.91 Å². The van der Waals surface area contributed by atoms with Crippen LogP contribution in [-0.2, 0) is 22.6 Å². The highest BCUT2D eigenvalue weighted by atomic mass is 16.5. The van der Waals surface area contributed by atoms with Crippen molar-refractivity contribution in [3.05, 3.63) is 96.2 Å². The molecule has 4 rings (SSSR count). The third kappa shape index (κ3) is 6.94. The number of rotatable bonds is 12. The Bertz CT molecular complexity index is 1330.